The largest absolute Gasteiger partial charge is 0.504 e. The van der Waals surface area contributed by atoms with Crippen LogP contribution in [-0.2, 0) is 44.0 Å². The summed E-state index contributed by atoms with van der Waals surface area (Å²) in [5.41, 5.74) is 5.83. The summed E-state index contributed by atoms with van der Waals surface area (Å²) < 4.78 is 42.4. The smallest absolute Gasteiger partial charge is 0.446 e. The molecule has 0 aliphatic carbocycles. The SMILES string of the molecule is CCCCCOc1ccc(C(=O)C2N=C2c2ccc(C(=O)N[C@H]3C[C@@H](O)[C@@H](O)NC(=O)[C@@H]4[C@@H](O)[C@@H](C)CN4C(=O)[C@H]([C@H](O)CC(N)=O)NC(=O)[C@H]([C@H](O)[C@@H](O)c4ccc(O)c(OS(=O)(=O)O)c4)NC(=O)[C@@H]4C[C@@H](O)CN4C(=O)[C@H]([C@@H](C)O)NC3=O)cc2)cc1. The highest BCUT2D eigenvalue weighted by molar-refractivity contribution is 7.81. The third-order valence-electron chi connectivity index (χ3n) is 15.4. The lowest BCUT2D eigenvalue weighted by atomic mass is 9.96. The lowest BCUT2D eigenvalue weighted by Crippen LogP contribution is -2.64. The molecule has 0 bridgehead atoms. The standard InChI is InChI=1S/C56H71N9O23S/c1-4-5-6-17-87-31-14-11-27(12-15-31)46(73)42-40(59-42)26-7-9-28(10-8-26)49(76)58-32-20-36(70)52(79)63-54(81)44-45(72)24(2)22-65(44)56(83)41(35(69)21-38(57)71)61-53(80)43(48(75)47(74)29-13-16-34(68)37(18-29)88-89(84,85)86)62-51(78)33-19-30(67)23-64(33)55(82)39(25(3)66)60-50(32)77/h7-16,18,24-25,30,32-33,35-36,39,41-45,47-48,52,66-70,72,74-75,79H,4-6,17,19-23H2,1-3H3,(H2,57,71)(H,58,76)(H,60,77)(H,61,80)(H,62,78)(H,63,81)(H,84,85,86)/t24-,25+,30+,32-,33-,35+,36+,39-,41-,42?,43-,44-,45-,47-,48-,52+/m0/s1. The number of phenols is 1. The van der Waals surface area contributed by atoms with Gasteiger partial charge in [-0.05, 0) is 73.0 Å². The van der Waals surface area contributed by atoms with Crippen molar-refractivity contribution in [2.75, 3.05) is 19.7 Å². The van der Waals surface area contributed by atoms with Crippen molar-refractivity contribution in [1.82, 2.24) is 36.4 Å². The van der Waals surface area contributed by atoms with Crippen LogP contribution in [0.5, 0.6) is 17.2 Å². The number of carbonyl (C=O) groups excluding carboxylic acids is 9. The van der Waals surface area contributed by atoms with Gasteiger partial charge in [0.25, 0.3) is 5.91 Å². The number of ketones is 1. The average molecular weight is 1270 g/mol. The molecular weight excluding hydrogens is 1200 g/mol. The lowest BCUT2D eigenvalue weighted by Gasteiger charge is -2.34. The summed E-state index contributed by atoms with van der Waals surface area (Å²) in [5.74, 6) is -13.8. The van der Waals surface area contributed by atoms with Crippen LogP contribution in [0.2, 0.25) is 0 Å². The summed E-state index contributed by atoms with van der Waals surface area (Å²) in [7, 11) is -5.36. The van der Waals surface area contributed by atoms with Gasteiger partial charge in [0.15, 0.2) is 29.6 Å². The zero-order valence-electron chi connectivity index (χ0n) is 48.1. The number of aliphatic hydroxyl groups excluding tert-OH is 8. The zero-order chi connectivity index (χ0) is 65.5. The van der Waals surface area contributed by atoms with E-state index in [9.17, 15) is 102 Å². The molecule has 3 aromatic carbocycles. The van der Waals surface area contributed by atoms with Crippen LogP contribution in [0.1, 0.15) is 97.2 Å². The van der Waals surface area contributed by atoms with Gasteiger partial charge < -0.3 is 97.0 Å². The first-order valence-corrected chi connectivity index (χ1v) is 29.6. The third kappa shape index (κ3) is 16.7. The van der Waals surface area contributed by atoms with Gasteiger partial charge in [0.2, 0.25) is 41.4 Å². The number of primary amides is 1. The molecule has 7 rings (SSSR count). The summed E-state index contributed by atoms with van der Waals surface area (Å²) >= 11 is 0. The van der Waals surface area contributed by atoms with Crippen LogP contribution < -0.4 is 41.2 Å². The van der Waals surface area contributed by atoms with E-state index in [1.165, 1.54) is 31.2 Å². The van der Waals surface area contributed by atoms with Crippen LogP contribution in [-0.4, -0.2) is 232 Å². The Morgan fingerprint density at radius 2 is 1.40 bits per heavy atom. The topological polar surface area (TPSA) is 514 Å². The van der Waals surface area contributed by atoms with Crippen LogP contribution >= 0.6 is 0 Å². The van der Waals surface area contributed by atoms with Crippen LogP contribution in [0.15, 0.2) is 71.7 Å². The second-order valence-corrected chi connectivity index (χ2v) is 23.2. The second kappa shape index (κ2) is 28.9. The number of phenolic OH excluding ortho intramolecular Hbond substituents is 1. The highest BCUT2D eigenvalue weighted by atomic mass is 32.3. The van der Waals surface area contributed by atoms with Crippen LogP contribution in [0.4, 0.5) is 0 Å². The molecule has 3 saturated heterocycles. The molecule has 4 aliphatic rings. The Morgan fingerprint density at radius 3 is 2.03 bits per heavy atom. The second-order valence-electron chi connectivity index (χ2n) is 22.1. The minimum Gasteiger partial charge on any atom is -0.504 e. The average Bonchev–Trinajstić information content (AvgIpc) is 1.99. The highest BCUT2D eigenvalue weighted by Gasteiger charge is 2.51. The minimum atomic E-state index is -5.36. The molecule has 17 N–H and O–H groups in total. The van der Waals surface area contributed by atoms with Crippen molar-refractivity contribution in [2.45, 2.75) is 151 Å². The molecule has 0 saturated carbocycles. The van der Waals surface area contributed by atoms with Crippen molar-refractivity contribution >= 4 is 69.2 Å². The number of hydrogen-bond acceptors (Lipinski definition) is 23. The maximum absolute atomic E-state index is 14.7. The molecule has 484 valence electrons. The Morgan fingerprint density at radius 1 is 0.775 bits per heavy atom. The monoisotopic (exact) mass is 1270 g/mol. The van der Waals surface area contributed by atoms with Gasteiger partial charge in [-0.25, -0.2) is 0 Å². The summed E-state index contributed by atoms with van der Waals surface area (Å²) in [5, 5.41) is 112. The predicted octanol–water partition coefficient (Wildman–Crippen LogP) is -5.17. The normalized spacial score (nSPS) is 27.8. The Bertz CT molecular complexity index is 3300. The van der Waals surface area contributed by atoms with E-state index in [1.807, 2.05) is 10.6 Å². The lowest BCUT2D eigenvalue weighted by molar-refractivity contribution is -0.149. The van der Waals surface area contributed by atoms with Crippen molar-refractivity contribution < 1.29 is 111 Å². The summed E-state index contributed by atoms with van der Waals surface area (Å²) in [6, 6.07) is 0.245. The van der Waals surface area contributed by atoms with Crippen molar-refractivity contribution in [2.24, 2.45) is 16.6 Å². The van der Waals surface area contributed by atoms with Gasteiger partial charge in [0.1, 0.15) is 60.3 Å². The van der Waals surface area contributed by atoms with Gasteiger partial charge in [0.05, 0.1) is 43.2 Å². The first kappa shape index (κ1) is 68.2. The molecule has 8 amide bonds. The fourth-order valence-corrected chi connectivity index (χ4v) is 10.8. The van der Waals surface area contributed by atoms with E-state index in [-0.39, 0.29) is 11.3 Å². The van der Waals surface area contributed by atoms with Crippen molar-refractivity contribution in [3.8, 4) is 17.2 Å². The minimum absolute atomic E-state index is 0.134. The molecule has 32 nitrogen and oxygen atoms in total. The molecule has 4 heterocycles. The molecule has 16 atom stereocenters. The van der Waals surface area contributed by atoms with E-state index >= 15 is 0 Å². The number of nitrogens with one attached hydrogen (secondary N) is 5. The number of nitrogens with zero attached hydrogens (tertiary/aromatic N) is 3. The van der Waals surface area contributed by atoms with Crippen LogP contribution in [0.3, 0.4) is 0 Å². The number of unbranched alkanes of at least 4 members (excludes halogenated alkanes) is 2. The van der Waals surface area contributed by atoms with E-state index in [0.717, 1.165) is 32.3 Å². The molecular formula is C56H71N9O23S. The fraction of sp³-hybridized carbons (Fsp3) is 0.500. The Kier molecular flexibility index (Phi) is 22.2. The zero-order valence-corrected chi connectivity index (χ0v) is 48.9. The number of carbonyl (C=O) groups is 9. The molecule has 89 heavy (non-hydrogen) atoms. The van der Waals surface area contributed by atoms with E-state index < -0.39 is 204 Å². The number of Topliss-reactive ketones (excluding diaryl/α,β-unsaturated/α-hetero) is 1. The number of aliphatic imine (C=N–C) groups is 1. The molecule has 0 spiro atoms. The maximum Gasteiger partial charge on any atom is 0.446 e. The molecule has 4 aliphatic heterocycles. The van der Waals surface area contributed by atoms with Gasteiger partial charge in [-0.15, -0.1) is 0 Å². The van der Waals surface area contributed by atoms with E-state index in [1.54, 1.807) is 24.3 Å². The molecule has 3 aromatic rings. The highest BCUT2D eigenvalue weighted by Crippen LogP contribution is 2.33. The first-order valence-electron chi connectivity index (χ1n) is 28.2. The van der Waals surface area contributed by atoms with E-state index in [4.69, 9.17) is 10.5 Å². The van der Waals surface area contributed by atoms with E-state index in [0.29, 0.717) is 51.1 Å². The summed E-state index contributed by atoms with van der Waals surface area (Å²) in [4.78, 5) is 132. The maximum atomic E-state index is 14.7. The number of aliphatic hydroxyl groups is 8. The number of rotatable bonds is 19. The Labute approximate surface area is 508 Å². The van der Waals surface area contributed by atoms with Gasteiger partial charge in [-0.1, -0.05) is 44.9 Å². The summed E-state index contributed by atoms with van der Waals surface area (Å²) in [6.07, 6.45) is -17.5. The number of fused-ring (bicyclic) bond motifs is 2. The van der Waals surface area contributed by atoms with Gasteiger partial charge in [-0.3, -0.25) is 52.7 Å². The number of amides is 8. The number of ether oxygens (including phenoxy) is 1. The third-order valence-corrected chi connectivity index (χ3v) is 15.8. The Balaban J connectivity index is 1.21. The first-order chi connectivity index (χ1) is 41.9. The molecule has 3 fully saturated rings. The number of nitrogens with two attached hydrogens (primary N) is 1. The van der Waals surface area contributed by atoms with E-state index in [2.05, 4.69) is 32.0 Å². The van der Waals surface area contributed by atoms with Crippen molar-refractivity contribution in [3.05, 3.63) is 89.0 Å². The van der Waals surface area contributed by atoms with Crippen molar-refractivity contribution in [1.29, 1.82) is 0 Å². The summed E-state index contributed by atoms with van der Waals surface area (Å²) in [6.45, 7) is 3.64. The Hall–Kier alpha value is -8.25. The quantitative estimate of drug-likeness (QED) is 0.0303. The van der Waals surface area contributed by atoms with Gasteiger partial charge >= 0.3 is 10.4 Å². The number of hydrogen-bond donors (Lipinski definition) is 16. The number of benzene rings is 3. The molecule has 33 heteroatoms. The van der Waals surface area contributed by atoms with Crippen molar-refractivity contribution in [3.63, 3.8) is 0 Å². The molecule has 0 radical (unpaired) electrons. The van der Waals surface area contributed by atoms with Crippen LogP contribution in [0.25, 0.3) is 0 Å². The predicted molar refractivity (Wildman–Crippen MR) is 304 cm³/mol. The van der Waals surface area contributed by atoms with Gasteiger partial charge in [0, 0.05) is 43.0 Å². The fourth-order valence-electron chi connectivity index (χ4n) is 10.5. The molecule has 1 unspecified atom stereocenters. The molecule has 0 aromatic heterocycles. The van der Waals surface area contributed by atoms with Crippen LogP contribution in [0, 0.1) is 5.92 Å². The van der Waals surface area contributed by atoms with Gasteiger partial charge in [-0.2, -0.15) is 8.42 Å². The number of aromatic hydroxyl groups is 1.